The molecule has 1 rings (SSSR count). The van der Waals surface area contributed by atoms with Gasteiger partial charge in [-0.25, -0.2) is 0 Å². The van der Waals surface area contributed by atoms with Gasteiger partial charge >= 0.3 is 0 Å². The van der Waals surface area contributed by atoms with Crippen LogP contribution in [0.1, 0.15) is 13.8 Å². The molecule has 0 bridgehead atoms. The molecule has 1 amide bonds. The van der Waals surface area contributed by atoms with Gasteiger partial charge in [-0.15, -0.1) is 16.9 Å². The smallest absolute Gasteiger partial charge is 0.227 e. The summed E-state index contributed by atoms with van der Waals surface area (Å²) in [5.74, 6) is 0.440. The zero-order chi connectivity index (χ0) is 12.2. The highest BCUT2D eigenvalue weighted by molar-refractivity contribution is 8.00. The summed E-state index contributed by atoms with van der Waals surface area (Å²) in [6.45, 7) is 4.37. The van der Waals surface area contributed by atoms with Crippen LogP contribution in [0, 0.1) is 11.3 Å². The number of hydrogen-bond acceptors (Lipinski definition) is 5. The molecule has 6 heteroatoms. The van der Waals surface area contributed by atoms with Gasteiger partial charge in [0.2, 0.25) is 5.91 Å². The van der Waals surface area contributed by atoms with E-state index in [1.165, 1.54) is 6.21 Å². The molecule has 2 N–H and O–H groups in total. The summed E-state index contributed by atoms with van der Waals surface area (Å²) in [6.07, 6.45) is 1.38. The lowest BCUT2D eigenvalue weighted by molar-refractivity contribution is -0.129. The second-order valence-corrected chi connectivity index (χ2v) is 5.47. The van der Waals surface area contributed by atoms with Gasteiger partial charge < -0.3 is 15.3 Å². The Morgan fingerprint density at radius 1 is 1.75 bits per heavy atom. The van der Waals surface area contributed by atoms with Crippen molar-refractivity contribution in [2.24, 2.45) is 16.5 Å². The van der Waals surface area contributed by atoms with Crippen molar-refractivity contribution in [2.75, 3.05) is 19.4 Å². The Morgan fingerprint density at radius 2 is 2.44 bits per heavy atom. The minimum absolute atomic E-state index is 0.0932. The van der Waals surface area contributed by atoms with Gasteiger partial charge in [-0.05, 0) is 0 Å². The Kier molecular flexibility index (Phi) is 4.61. The number of hydrogen-bond donors (Lipinski definition) is 2. The first-order chi connectivity index (χ1) is 7.53. The molecule has 1 saturated heterocycles. The van der Waals surface area contributed by atoms with E-state index in [1.54, 1.807) is 18.8 Å². The number of carbonyl (C=O) groups is 1. The Morgan fingerprint density at radius 3 is 2.88 bits per heavy atom. The summed E-state index contributed by atoms with van der Waals surface area (Å²) in [5, 5.41) is 14.3. The first-order valence-electron chi connectivity index (χ1n) is 5.16. The number of rotatable bonds is 4. The van der Waals surface area contributed by atoms with Crippen LogP contribution in [0.3, 0.4) is 0 Å². The molecule has 0 aromatic heterocycles. The lowest BCUT2D eigenvalue weighted by Crippen LogP contribution is -2.44. The number of thioether (sulfide) groups is 1. The molecule has 92 valence electrons. The van der Waals surface area contributed by atoms with Crippen molar-refractivity contribution in [1.82, 2.24) is 5.32 Å². The Bertz CT molecular complexity index is 275. The fourth-order valence-corrected chi connectivity index (χ4v) is 3.05. The topological polar surface area (TPSA) is 70.9 Å². The highest BCUT2D eigenvalue weighted by Gasteiger charge is 2.42. The average Bonchev–Trinajstić information content (AvgIpc) is 2.70. The molecule has 1 fully saturated rings. The van der Waals surface area contributed by atoms with E-state index >= 15 is 0 Å². The second kappa shape index (κ2) is 5.54. The van der Waals surface area contributed by atoms with Crippen molar-refractivity contribution in [3.05, 3.63) is 0 Å². The minimum atomic E-state index is -0.545. The minimum Gasteiger partial charge on any atom is -0.411 e. The van der Waals surface area contributed by atoms with Gasteiger partial charge in [-0.3, -0.25) is 4.79 Å². The molecule has 0 aromatic carbocycles. The molecule has 0 aromatic rings. The standard InChI is InChI=1S/C10H18N2O3S/c1-10(2,6-12-14)7(8(13)11-3)9-15-4-5-16-9/h6-7,9,14H,4-5H2,1-3H3,(H,11,13). The lowest BCUT2D eigenvalue weighted by Gasteiger charge is -2.32. The van der Waals surface area contributed by atoms with Crippen molar-refractivity contribution in [1.29, 1.82) is 0 Å². The summed E-state index contributed by atoms with van der Waals surface area (Å²) in [5.41, 5.74) is -0.718. The highest BCUT2D eigenvalue weighted by atomic mass is 32.2. The number of nitrogens with zero attached hydrogens (tertiary/aromatic N) is 1. The van der Waals surface area contributed by atoms with E-state index < -0.39 is 5.41 Å². The molecule has 5 nitrogen and oxygen atoms in total. The van der Waals surface area contributed by atoms with Gasteiger partial charge in [-0.1, -0.05) is 13.8 Å². The fraction of sp³-hybridized carbons (Fsp3) is 0.800. The largest absolute Gasteiger partial charge is 0.411 e. The van der Waals surface area contributed by atoms with Crippen LogP contribution in [0.25, 0.3) is 0 Å². The summed E-state index contributed by atoms with van der Waals surface area (Å²) >= 11 is 1.62. The number of nitrogens with one attached hydrogen (secondary N) is 1. The molecular weight excluding hydrogens is 228 g/mol. The van der Waals surface area contributed by atoms with E-state index in [4.69, 9.17) is 9.94 Å². The van der Waals surface area contributed by atoms with Crippen LogP contribution >= 0.6 is 11.8 Å². The van der Waals surface area contributed by atoms with Gasteiger partial charge in [0.25, 0.3) is 0 Å². The third-order valence-electron chi connectivity index (χ3n) is 2.64. The molecule has 0 aliphatic carbocycles. The van der Waals surface area contributed by atoms with E-state index in [2.05, 4.69) is 10.5 Å². The van der Waals surface area contributed by atoms with Crippen LogP contribution in [-0.4, -0.2) is 42.2 Å². The van der Waals surface area contributed by atoms with Gasteiger partial charge in [-0.2, -0.15) is 0 Å². The van der Waals surface area contributed by atoms with Gasteiger partial charge in [0, 0.05) is 18.2 Å². The molecule has 1 aliphatic heterocycles. The predicted octanol–water partition coefficient (Wildman–Crippen LogP) is 0.924. The Hall–Kier alpha value is -0.750. The summed E-state index contributed by atoms with van der Waals surface area (Å²) in [4.78, 5) is 11.9. The van der Waals surface area contributed by atoms with Crippen molar-refractivity contribution in [3.8, 4) is 0 Å². The van der Waals surface area contributed by atoms with Crippen LogP contribution in [0.5, 0.6) is 0 Å². The zero-order valence-electron chi connectivity index (χ0n) is 9.77. The molecule has 1 heterocycles. The van der Waals surface area contributed by atoms with Crippen LogP contribution in [0.2, 0.25) is 0 Å². The first-order valence-corrected chi connectivity index (χ1v) is 6.21. The number of carbonyl (C=O) groups excluding carboxylic acids is 1. The summed E-state index contributed by atoms with van der Waals surface area (Å²) in [7, 11) is 1.60. The first kappa shape index (κ1) is 13.3. The predicted molar refractivity (Wildman–Crippen MR) is 63.8 cm³/mol. The van der Waals surface area contributed by atoms with Gasteiger partial charge in [0.05, 0.1) is 18.7 Å². The van der Waals surface area contributed by atoms with E-state index in [-0.39, 0.29) is 17.3 Å². The molecular formula is C10H18N2O3S. The second-order valence-electron chi connectivity index (χ2n) is 4.27. The monoisotopic (exact) mass is 246 g/mol. The molecule has 1 aliphatic rings. The van der Waals surface area contributed by atoms with Crippen molar-refractivity contribution in [2.45, 2.75) is 19.3 Å². The van der Waals surface area contributed by atoms with Crippen LogP contribution in [0.15, 0.2) is 5.16 Å². The maximum absolute atomic E-state index is 11.9. The van der Waals surface area contributed by atoms with Crippen LogP contribution < -0.4 is 5.32 Å². The quantitative estimate of drug-likeness (QED) is 0.440. The van der Waals surface area contributed by atoms with E-state index in [0.29, 0.717) is 6.61 Å². The maximum Gasteiger partial charge on any atom is 0.227 e. The lowest BCUT2D eigenvalue weighted by atomic mass is 9.79. The van der Waals surface area contributed by atoms with E-state index in [1.807, 2.05) is 13.8 Å². The number of amides is 1. The zero-order valence-corrected chi connectivity index (χ0v) is 10.6. The third-order valence-corrected chi connectivity index (χ3v) is 3.78. The summed E-state index contributed by atoms with van der Waals surface area (Å²) < 4.78 is 5.53. The van der Waals surface area contributed by atoms with Crippen LogP contribution in [0.4, 0.5) is 0 Å². The third kappa shape index (κ3) is 2.89. The van der Waals surface area contributed by atoms with Crippen molar-refractivity contribution < 1.29 is 14.7 Å². The van der Waals surface area contributed by atoms with Crippen molar-refractivity contribution in [3.63, 3.8) is 0 Å². The number of oxime groups is 1. The van der Waals surface area contributed by atoms with Crippen molar-refractivity contribution >= 4 is 23.9 Å². The highest BCUT2D eigenvalue weighted by Crippen LogP contribution is 2.37. The van der Waals surface area contributed by atoms with Crippen LogP contribution in [-0.2, 0) is 9.53 Å². The Labute approximate surface area is 99.6 Å². The average molecular weight is 246 g/mol. The molecule has 0 spiro atoms. The van der Waals surface area contributed by atoms with E-state index in [0.717, 1.165) is 5.75 Å². The fourth-order valence-electron chi connectivity index (χ4n) is 1.77. The van der Waals surface area contributed by atoms with E-state index in [9.17, 15) is 4.79 Å². The molecule has 0 radical (unpaired) electrons. The molecule has 2 unspecified atom stereocenters. The normalized spacial score (nSPS) is 23.6. The molecule has 0 saturated carbocycles. The Balaban J connectivity index is 2.89. The SMILES string of the molecule is CNC(=O)C(C1OCCS1)C(C)(C)C=NO. The molecule has 2 atom stereocenters. The maximum atomic E-state index is 11.9. The van der Waals surface area contributed by atoms with Gasteiger partial charge in [0.15, 0.2) is 0 Å². The van der Waals surface area contributed by atoms with Gasteiger partial charge in [0.1, 0.15) is 5.44 Å². The molecule has 16 heavy (non-hydrogen) atoms. The summed E-state index contributed by atoms with van der Waals surface area (Å²) in [6, 6.07) is 0. The number of ether oxygens (including phenoxy) is 1.